The molecule has 4 nitrogen and oxygen atoms in total. The van der Waals surface area contributed by atoms with Crippen molar-refractivity contribution in [1.82, 2.24) is 0 Å². The predicted molar refractivity (Wildman–Crippen MR) is 100 cm³/mol. The van der Waals surface area contributed by atoms with Gasteiger partial charge in [-0.3, -0.25) is 0 Å². The number of quaternary nitrogens is 1. The van der Waals surface area contributed by atoms with Gasteiger partial charge in [0.2, 0.25) is 0 Å². The lowest BCUT2D eigenvalue weighted by atomic mass is 10.0. The monoisotopic (exact) mass is 345 g/mol. The van der Waals surface area contributed by atoms with Gasteiger partial charge < -0.3 is 14.4 Å². The van der Waals surface area contributed by atoms with Crippen molar-refractivity contribution in [3.63, 3.8) is 0 Å². The SMILES string of the molecule is C[NH+](Cc1ccccc1)Cc1c([O-])ccc2c1oc(=O)c1ccccc12. The Morgan fingerprint density at radius 3 is 2.31 bits per heavy atom. The second-order valence-electron chi connectivity index (χ2n) is 6.65. The fourth-order valence-corrected chi connectivity index (χ4v) is 3.46. The zero-order valence-electron chi connectivity index (χ0n) is 14.5. The van der Waals surface area contributed by atoms with Gasteiger partial charge in [-0.05, 0) is 11.5 Å². The maximum atomic E-state index is 12.5. The Balaban J connectivity index is 1.79. The topological polar surface area (TPSA) is 57.7 Å². The molecule has 1 heterocycles. The van der Waals surface area contributed by atoms with Gasteiger partial charge in [0.25, 0.3) is 0 Å². The van der Waals surface area contributed by atoms with Crippen LogP contribution in [0.1, 0.15) is 11.1 Å². The third kappa shape index (κ3) is 2.95. The fourth-order valence-electron chi connectivity index (χ4n) is 3.46. The van der Waals surface area contributed by atoms with Crippen molar-refractivity contribution in [3.8, 4) is 5.75 Å². The van der Waals surface area contributed by atoms with E-state index in [2.05, 4.69) is 12.1 Å². The van der Waals surface area contributed by atoms with Gasteiger partial charge in [-0.25, -0.2) is 4.79 Å². The van der Waals surface area contributed by atoms with Crippen LogP contribution in [-0.2, 0) is 13.1 Å². The van der Waals surface area contributed by atoms with Gasteiger partial charge in [0.15, 0.2) is 0 Å². The van der Waals surface area contributed by atoms with Crippen LogP contribution in [0.25, 0.3) is 21.7 Å². The normalized spacial score (nSPS) is 12.5. The van der Waals surface area contributed by atoms with E-state index >= 15 is 0 Å². The molecule has 3 aromatic carbocycles. The smallest absolute Gasteiger partial charge is 0.344 e. The van der Waals surface area contributed by atoms with Gasteiger partial charge in [-0.2, -0.15) is 0 Å². The zero-order chi connectivity index (χ0) is 18.1. The lowest BCUT2D eigenvalue weighted by molar-refractivity contribution is -0.907. The van der Waals surface area contributed by atoms with Crippen LogP contribution in [0.3, 0.4) is 0 Å². The van der Waals surface area contributed by atoms with Crippen molar-refractivity contribution in [2.24, 2.45) is 0 Å². The lowest BCUT2D eigenvalue weighted by Crippen LogP contribution is -3.06. The molecule has 0 spiro atoms. The highest BCUT2D eigenvalue weighted by molar-refractivity contribution is 6.05. The standard InChI is InChI=1S/C22H19NO3/c1-23(13-15-7-3-2-4-8-15)14-19-20(24)12-11-17-16-9-5-6-10-18(16)22(25)26-21(17)19/h2-12,24H,13-14H2,1H3. The number of hydrogen-bond donors (Lipinski definition) is 1. The molecule has 0 radical (unpaired) electrons. The Kier molecular flexibility index (Phi) is 4.19. The van der Waals surface area contributed by atoms with E-state index in [1.54, 1.807) is 18.2 Å². The molecular weight excluding hydrogens is 326 g/mol. The summed E-state index contributed by atoms with van der Waals surface area (Å²) in [6.07, 6.45) is 0. The van der Waals surface area contributed by atoms with Crippen LogP contribution in [0.5, 0.6) is 5.75 Å². The molecule has 0 fully saturated rings. The first-order valence-corrected chi connectivity index (χ1v) is 8.63. The van der Waals surface area contributed by atoms with E-state index in [9.17, 15) is 9.90 Å². The quantitative estimate of drug-likeness (QED) is 0.456. The van der Waals surface area contributed by atoms with Crippen LogP contribution in [0, 0.1) is 0 Å². The molecule has 1 unspecified atom stereocenters. The summed E-state index contributed by atoms with van der Waals surface area (Å²) in [4.78, 5) is 13.5. The van der Waals surface area contributed by atoms with Crippen LogP contribution in [-0.4, -0.2) is 7.05 Å². The molecule has 4 rings (SSSR count). The summed E-state index contributed by atoms with van der Waals surface area (Å²) in [7, 11) is 2.03. The first kappa shape index (κ1) is 16.4. The van der Waals surface area contributed by atoms with Crippen molar-refractivity contribution in [2.45, 2.75) is 13.1 Å². The van der Waals surface area contributed by atoms with E-state index in [1.165, 1.54) is 5.56 Å². The number of benzene rings is 3. The van der Waals surface area contributed by atoms with Crippen molar-refractivity contribution in [1.29, 1.82) is 0 Å². The highest BCUT2D eigenvalue weighted by Crippen LogP contribution is 2.29. The van der Waals surface area contributed by atoms with Crippen LogP contribution < -0.4 is 15.6 Å². The molecule has 0 saturated heterocycles. The van der Waals surface area contributed by atoms with Crippen LogP contribution in [0.15, 0.2) is 75.9 Å². The second kappa shape index (κ2) is 6.65. The molecule has 0 amide bonds. The Hall–Kier alpha value is -3.11. The molecule has 26 heavy (non-hydrogen) atoms. The zero-order valence-corrected chi connectivity index (χ0v) is 14.5. The summed E-state index contributed by atoms with van der Waals surface area (Å²) in [5.41, 5.74) is 1.76. The summed E-state index contributed by atoms with van der Waals surface area (Å²) >= 11 is 0. The molecule has 4 heteroatoms. The van der Waals surface area contributed by atoms with Crippen molar-refractivity contribution in [3.05, 3.63) is 88.3 Å². The van der Waals surface area contributed by atoms with Crippen molar-refractivity contribution < 1.29 is 14.4 Å². The van der Waals surface area contributed by atoms with Crippen LogP contribution in [0.2, 0.25) is 0 Å². The molecule has 0 aliphatic heterocycles. The highest BCUT2D eigenvalue weighted by atomic mass is 16.4. The van der Waals surface area contributed by atoms with E-state index in [0.717, 1.165) is 22.2 Å². The molecule has 0 aliphatic carbocycles. The third-order valence-corrected chi connectivity index (χ3v) is 4.68. The average molecular weight is 345 g/mol. The van der Waals surface area contributed by atoms with Gasteiger partial charge in [0.05, 0.1) is 12.4 Å². The first-order chi connectivity index (χ1) is 12.6. The summed E-state index contributed by atoms with van der Waals surface area (Å²) in [5.74, 6) is -0.0941. The van der Waals surface area contributed by atoms with E-state index in [1.807, 2.05) is 43.4 Å². The van der Waals surface area contributed by atoms with Gasteiger partial charge in [0.1, 0.15) is 18.7 Å². The number of rotatable bonds is 4. The fraction of sp³-hybridized carbons (Fsp3) is 0.136. The summed E-state index contributed by atoms with van der Waals surface area (Å²) in [6.45, 7) is 1.28. The van der Waals surface area contributed by atoms with Crippen molar-refractivity contribution >= 4 is 21.7 Å². The molecule has 0 bridgehead atoms. The van der Waals surface area contributed by atoms with E-state index in [0.29, 0.717) is 23.1 Å². The highest BCUT2D eigenvalue weighted by Gasteiger charge is 2.14. The van der Waals surface area contributed by atoms with Gasteiger partial charge in [0, 0.05) is 16.5 Å². The van der Waals surface area contributed by atoms with Crippen molar-refractivity contribution in [2.75, 3.05) is 7.05 Å². The Morgan fingerprint density at radius 2 is 1.54 bits per heavy atom. The maximum absolute atomic E-state index is 12.5. The minimum atomic E-state index is -0.402. The molecule has 130 valence electrons. The van der Waals surface area contributed by atoms with E-state index < -0.39 is 5.63 Å². The number of fused-ring (bicyclic) bond motifs is 3. The molecular formula is C22H19NO3. The molecule has 1 N–H and O–H groups in total. The van der Waals surface area contributed by atoms with Crippen LogP contribution >= 0.6 is 0 Å². The van der Waals surface area contributed by atoms with Gasteiger partial charge in [-0.1, -0.05) is 66.4 Å². The second-order valence-corrected chi connectivity index (χ2v) is 6.65. The molecule has 0 saturated carbocycles. The third-order valence-electron chi connectivity index (χ3n) is 4.68. The summed E-state index contributed by atoms with van der Waals surface area (Å²) in [5, 5.41) is 14.7. The minimum Gasteiger partial charge on any atom is -0.872 e. The maximum Gasteiger partial charge on any atom is 0.344 e. The molecule has 1 atom stereocenters. The molecule has 4 aromatic rings. The largest absolute Gasteiger partial charge is 0.872 e. The van der Waals surface area contributed by atoms with Gasteiger partial charge in [-0.15, -0.1) is 0 Å². The van der Waals surface area contributed by atoms with Gasteiger partial charge >= 0.3 is 5.63 Å². The number of nitrogens with one attached hydrogen (secondary N) is 1. The Bertz CT molecular complexity index is 1130. The van der Waals surface area contributed by atoms with E-state index in [-0.39, 0.29) is 5.75 Å². The van der Waals surface area contributed by atoms with Crippen LogP contribution in [0.4, 0.5) is 0 Å². The average Bonchev–Trinajstić information content (AvgIpc) is 2.65. The molecule has 1 aromatic heterocycles. The van der Waals surface area contributed by atoms with E-state index in [4.69, 9.17) is 4.42 Å². The minimum absolute atomic E-state index is 0.0941. The lowest BCUT2D eigenvalue weighted by Gasteiger charge is -2.20. The first-order valence-electron chi connectivity index (χ1n) is 8.63. The Labute approximate surface area is 150 Å². The Morgan fingerprint density at radius 1 is 0.846 bits per heavy atom. The molecule has 0 aliphatic rings. The predicted octanol–water partition coefficient (Wildman–Crippen LogP) is 2.23. The number of hydrogen-bond acceptors (Lipinski definition) is 3. The summed E-state index contributed by atoms with van der Waals surface area (Å²) in [6, 6.07) is 20.8. The summed E-state index contributed by atoms with van der Waals surface area (Å²) < 4.78 is 5.57.